The summed E-state index contributed by atoms with van der Waals surface area (Å²) in [5.41, 5.74) is 0.664. The van der Waals surface area contributed by atoms with Crippen LogP contribution < -0.4 is 4.90 Å². The van der Waals surface area contributed by atoms with Crippen LogP contribution >= 0.6 is 0 Å². The van der Waals surface area contributed by atoms with E-state index >= 15 is 0 Å². The number of nitrogens with zero attached hydrogens (tertiary/aromatic N) is 2. The number of carbonyl (C=O) groups is 2. The quantitative estimate of drug-likeness (QED) is 0.573. The Morgan fingerprint density at radius 2 is 1.50 bits per heavy atom. The van der Waals surface area contributed by atoms with Gasteiger partial charge in [-0.05, 0) is 42.2 Å². The van der Waals surface area contributed by atoms with Gasteiger partial charge in [-0.15, -0.1) is 0 Å². The minimum absolute atomic E-state index is 0.00380. The predicted molar refractivity (Wildman–Crippen MR) is 71.4 cm³/mol. The first-order chi connectivity index (χ1) is 9.77. The van der Waals surface area contributed by atoms with Gasteiger partial charge in [0.2, 0.25) is 11.8 Å². The molecule has 0 unspecified atom stereocenters. The Morgan fingerprint density at radius 1 is 0.950 bits per heavy atom. The zero-order valence-corrected chi connectivity index (χ0v) is 10.8. The van der Waals surface area contributed by atoms with Crippen LogP contribution in [0.5, 0.6) is 0 Å². The van der Waals surface area contributed by atoms with Crippen LogP contribution in [0.25, 0.3) is 0 Å². The molecule has 4 heteroatoms. The fourth-order valence-corrected chi connectivity index (χ4v) is 4.70. The van der Waals surface area contributed by atoms with E-state index in [0.29, 0.717) is 29.4 Å². The van der Waals surface area contributed by atoms with Crippen molar-refractivity contribution in [2.24, 2.45) is 35.5 Å². The molecule has 1 aromatic rings. The molecule has 6 atom stereocenters. The monoisotopic (exact) mass is 266 g/mol. The zero-order chi connectivity index (χ0) is 13.4. The van der Waals surface area contributed by atoms with Gasteiger partial charge in [-0.3, -0.25) is 14.6 Å². The molecule has 6 rings (SSSR count). The van der Waals surface area contributed by atoms with E-state index in [0.717, 1.165) is 0 Å². The van der Waals surface area contributed by atoms with Crippen LogP contribution in [0.4, 0.5) is 5.69 Å². The molecule has 0 aromatic carbocycles. The Kier molecular flexibility index (Phi) is 1.82. The molecule has 1 aliphatic heterocycles. The van der Waals surface area contributed by atoms with Gasteiger partial charge in [0.05, 0.1) is 17.5 Å². The van der Waals surface area contributed by atoms with Gasteiger partial charge >= 0.3 is 0 Å². The highest BCUT2D eigenvalue weighted by atomic mass is 16.2. The average Bonchev–Trinajstić information content (AvgIpc) is 3.25. The fraction of sp³-hybridized carbons (Fsp3) is 0.438. The van der Waals surface area contributed by atoms with Crippen molar-refractivity contribution in [3.8, 4) is 0 Å². The summed E-state index contributed by atoms with van der Waals surface area (Å²) >= 11 is 0. The molecule has 0 spiro atoms. The lowest BCUT2D eigenvalue weighted by molar-refractivity contribution is -0.124. The van der Waals surface area contributed by atoms with Gasteiger partial charge in [0.15, 0.2) is 0 Å². The molecule has 0 radical (unpaired) electrons. The van der Waals surface area contributed by atoms with Gasteiger partial charge in [0, 0.05) is 12.4 Å². The highest BCUT2D eigenvalue weighted by molar-refractivity contribution is 6.22. The Hall–Kier alpha value is -1.97. The van der Waals surface area contributed by atoms with Crippen molar-refractivity contribution in [1.82, 2.24) is 4.98 Å². The van der Waals surface area contributed by atoms with Gasteiger partial charge in [-0.1, -0.05) is 12.2 Å². The molecule has 3 fully saturated rings. The molecule has 4 nitrogen and oxygen atoms in total. The second kappa shape index (κ2) is 3.37. The number of carbonyl (C=O) groups excluding carboxylic acids is 2. The molecule has 2 bridgehead atoms. The van der Waals surface area contributed by atoms with Crippen molar-refractivity contribution in [3.05, 3.63) is 36.7 Å². The third-order valence-electron chi connectivity index (χ3n) is 5.58. The molecule has 20 heavy (non-hydrogen) atoms. The highest BCUT2D eigenvalue weighted by Crippen LogP contribution is 2.65. The minimum Gasteiger partial charge on any atom is -0.274 e. The Balaban J connectivity index is 1.61. The third kappa shape index (κ3) is 1.11. The Morgan fingerprint density at radius 3 is 2.05 bits per heavy atom. The van der Waals surface area contributed by atoms with Crippen LogP contribution in [0.1, 0.15) is 6.42 Å². The van der Waals surface area contributed by atoms with Gasteiger partial charge in [0.1, 0.15) is 0 Å². The largest absolute Gasteiger partial charge is 0.274 e. The predicted octanol–water partition coefficient (Wildman–Crippen LogP) is 1.64. The molecule has 1 aromatic heterocycles. The Bertz CT molecular complexity index is 618. The number of anilines is 1. The van der Waals surface area contributed by atoms with Crippen LogP contribution in [0.3, 0.4) is 0 Å². The maximum absolute atomic E-state index is 12.8. The van der Waals surface area contributed by atoms with Gasteiger partial charge in [0.25, 0.3) is 0 Å². The normalized spacial score (nSPS) is 43.7. The van der Waals surface area contributed by atoms with Crippen molar-refractivity contribution in [2.75, 3.05) is 4.90 Å². The molecule has 4 aliphatic carbocycles. The number of rotatable bonds is 1. The number of amides is 2. The van der Waals surface area contributed by atoms with Crippen molar-refractivity contribution >= 4 is 17.5 Å². The topological polar surface area (TPSA) is 50.3 Å². The van der Waals surface area contributed by atoms with Crippen LogP contribution in [-0.4, -0.2) is 16.8 Å². The maximum atomic E-state index is 12.8. The summed E-state index contributed by atoms with van der Waals surface area (Å²) in [6, 6.07) is 3.48. The van der Waals surface area contributed by atoms with E-state index in [2.05, 4.69) is 17.1 Å². The van der Waals surface area contributed by atoms with E-state index in [4.69, 9.17) is 0 Å². The van der Waals surface area contributed by atoms with Gasteiger partial charge in [-0.2, -0.15) is 0 Å². The summed E-state index contributed by atoms with van der Waals surface area (Å²) in [5, 5.41) is 0. The second-order valence-electron chi connectivity index (χ2n) is 6.37. The summed E-state index contributed by atoms with van der Waals surface area (Å²) < 4.78 is 0. The molecular formula is C16H14N2O2. The van der Waals surface area contributed by atoms with E-state index < -0.39 is 0 Å². The molecule has 2 amide bonds. The summed E-state index contributed by atoms with van der Waals surface area (Å²) in [6.07, 6.45) is 8.85. The number of imide groups is 1. The second-order valence-corrected chi connectivity index (χ2v) is 6.37. The van der Waals surface area contributed by atoms with Crippen LogP contribution in [0.15, 0.2) is 36.7 Å². The lowest BCUT2D eigenvalue weighted by Crippen LogP contribution is -2.40. The SMILES string of the molecule is O=C1[C@@H]2[C@@H]3C=C[C@H]([C@H]4C[C@H]34)[C@@H]2C(=O)N1c1ccncc1. The van der Waals surface area contributed by atoms with Crippen LogP contribution in [-0.2, 0) is 9.59 Å². The highest BCUT2D eigenvalue weighted by Gasteiger charge is 2.67. The van der Waals surface area contributed by atoms with Crippen molar-refractivity contribution in [1.29, 1.82) is 0 Å². The summed E-state index contributed by atoms with van der Waals surface area (Å²) in [7, 11) is 0. The molecule has 0 N–H and O–H groups in total. The number of hydrogen-bond acceptors (Lipinski definition) is 3. The average molecular weight is 266 g/mol. The minimum atomic E-state index is -0.116. The number of aromatic nitrogens is 1. The molecule has 2 saturated carbocycles. The Labute approximate surface area is 116 Å². The van der Waals surface area contributed by atoms with Crippen molar-refractivity contribution in [2.45, 2.75) is 6.42 Å². The van der Waals surface area contributed by atoms with Gasteiger partial charge in [-0.25, -0.2) is 4.90 Å². The lowest BCUT2D eigenvalue weighted by atomic mass is 9.63. The summed E-state index contributed by atoms with van der Waals surface area (Å²) in [6.45, 7) is 0. The fourth-order valence-electron chi connectivity index (χ4n) is 4.70. The van der Waals surface area contributed by atoms with Crippen molar-refractivity contribution < 1.29 is 9.59 Å². The number of allylic oxidation sites excluding steroid dienone is 2. The van der Waals surface area contributed by atoms with E-state index in [9.17, 15) is 9.59 Å². The molecule has 5 aliphatic rings. The van der Waals surface area contributed by atoms with Crippen LogP contribution in [0, 0.1) is 35.5 Å². The van der Waals surface area contributed by atoms with E-state index in [1.54, 1.807) is 24.5 Å². The standard InChI is InChI=1S/C16H14N2O2/c19-15-13-9-1-2-10(12-7-11(9)12)14(13)16(20)18(15)8-3-5-17-6-4-8/h1-6,9-14H,7H2/t9-,10-,11-,12-,13-,14+/m1/s1. The van der Waals surface area contributed by atoms with E-state index in [-0.39, 0.29) is 23.7 Å². The first kappa shape index (κ1) is 10.8. The van der Waals surface area contributed by atoms with E-state index in [1.807, 2.05) is 0 Å². The first-order valence-electron chi connectivity index (χ1n) is 7.23. The van der Waals surface area contributed by atoms with Crippen LogP contribution in [0.2, 0.25) is 0 Å². The van der Waals surface area contributed by atoms with Crippen molar-refractivity contribution in [3.63, 3.8) is 0 Å². The maximum Gasteiger partial charge on any atom is 0.238 e. The smallest absolute Gasteiger partial charge is 0.238 e. The summed E-state index contributed by atoms with van der Waals surface area (Å²) in [5.74, 6) is 1.65. The zero-order valence-electron chi connectivity index (χ0n) is 10.8. The molecule has 1 saturated heterocycles. The lowest BCUT2D eigenvalue weighted by Gasteiger charge is -2.37. The number of hydrogen-bond donors (Lipinski definition) is 0. The molecular weight excluding hydrogens is 252 g/mol. The number of pyridine rings is 1. The van der Waals surface area contributed by atoms with E-state index in [1.165, 1.54) is 11.3 Å². The first-order valence-corrected chi connectivity index (χ1v) is 7.23. The van der Waals surface area contributed by atoms with Gasteiger partial charge < -0.3 is 0 Å². The third-order valence-corrected chi connectivity index (χ3v) is 5.58. The molecule has 2 heterocycles. The summed E-state index contributed by atoms with van der Waals surface area (Å²) in [4.78, 5) is 30.9. The molecule has 100 valence electrons.